The summed E-state index contributed by atoms with van der Waals surface area (Å²) >= 11 is 0. The van der Waals surface area contributed by atoms with E-state index in [0.29, 0.717) is 26.2 Å². The summed E-state index contributed by atoms with van der Waals surface area (Å²) in [5, 5.41) is 5.53. The van der Waals surface area contributed by atoms with Gasteiger partial charge < -0.3 is 20.0 Å². The van der Waals surface area contributed by atoms with Crippen molar-refractivity contribution in [2.75, 3.05) is 44.6 Å². The molecule has 2 aromatic rings. The van der Waals surface area contributed by atoms with Gasteiger partial charge in [0.05, 0.1) is 19.4 Å². The Hall–Kier alpha value is -3.13. The first-order chi connectivity index (χ1) is 14.1. The third kappa shape index (κ3) is 5.68. The van der Waals surface area contributed by atoms with E-state index in [1.54, 1.807) is 17.0 Å². The minimum atomic E-state index is -0.411. The minimum Gasteiger partial charge on any atom is -0.459 e. The molecule has 1 aliphatic rings. The molecule has 0 radical (unpaired) electrons. The molecule has 0 aliphatic carbocycles. The van der Waals surface area contributed by atoms with Crippen LogP contribution in [-0.4, -0.2) is 66.8 Å². The van der Waals surface area contributed by atoms with E-state index in [2.05, 4.69) is 17.6 Å². The van der Waals surface area contributed by atoms with Crippen LogP contribution in [0.4, 0.5) is 5.69 Å². The third-order valence-corrected chi connectivity index (χ3v) is 4.91. The number of rotatable bonds is 7. The first-order valence-electron chi connectivity index (χ1n) is 9.76. The van der Waals surface area contributed by atoms with Crippen LogP contribution >= 0.6 is 0 Å². The van der Waals surface area contributed by atoms with E-state index < -0.39 is 5.91 Å². The number of carbonyl (C=O) groups is 3. The summed E-state index contributed by atoms with van der Waals surface area (Å²) in [6, 6.07) is 10.9. The van der Waals surface area contributed by atoms with Crippen LogP contribution in [0.5, 0.6) is 0 Å². The smallest absolute Gasteiger partial charge is 0.287 e. The second-order valence-electron chi connectivity index (χ2n) is 6.88. The van der Waals surface area contributed by atoms with Crippen molar-refractivity contribution in [2.24, 2.45) is 0 Å². The van der Waals surface area contributed by atoms with Gasteiger partial charge in [-0.25, -0.2) is 0 Å². The molecule has 2 N–H and O–H groups in total. The lowest BCUT2D eigenvalue weighted by Gasteiger charge is -2.34. The van der Waals surface area contributed by atoms with Crippen molar-refractivity contribution in [3.63, 3.8) is 0 Å². The molecule has 1 aromatic heterocycles. The molecule has 8 nitrogen and oxygen atoms in total. The highest BCUT2D eigenvalue weighted by Gasteiger charge is 2.23. The fourth-order valence-electron chi connectivity index (χ4n) is 3.26. The molecule has 0 saturated carbocycles. The van der Waals surface area contributed by atoms with Crippen molar-refractivity contribution < 1.29 is 18.8 Å². The van der Waals surface area contributed by atoms with Crippen molar-refractivity contribution in [3.8, 4) is 0 Å². The number of para-hydroxylation sites is 1. The quantitative estimate of drug-likeness (QED) is 0.734. The molecule has 3 rings (SSSR count). The molecule has 1 aliphatic heterocycles. The molecule has 1 fully saturated rings. The molecule has 3 amide bonds. The number of aryl methyl sites for hydroxylation is 1. The number of hydrogen-bond donors (Lipinski definition) is 2. The van der Waals surface area contributed by atoms with Crippen molar-refractivity contribution in [1.82, 2.24) is 15.1 Å². The summed E-state index contributed by atoms with van der Waals surface area (Å²) in [5.41, 5.74) is 1.95. The largest absolute Gasteiger partial charge is 0.459 e. The van der Waals surface area contributed by atoms with Crippen molar-refractivity contribution in [3.05, 3.63) is 54.0 Å². The zero-order chi connectivity index (χ0) is 20.6. The zero-order valence-electron chi connectivity index (χ0n) is 16.5. The van der Waals surface area contributed by atoms with Crippen molar-refractivity contribution in [1.29, 1.82) is 0 Å². The number of hydrogen-bond acceptors (Lipinski definition) is 5. The highest BCUT2D eigenvalue weighted by atomic mass is 16.3. The lowest BCUT2D eigenvalue weighted by atomic mass is 10.1. The summed E-state index contributed by atoms with van der Waals surface area (Å²) in [6.45, 7) is 4.53. The summed E-state index contributed by atoms with van der Waals surface area (Å²) in [6.07, 6.45) is 2.26. The SMILES string of the molecule is CCc1ccccc1NC(=O)CN1CCN(C(=O)CNC(=O)c2ccco2)CC1. The number of anilines is 1. The van der Waals surface area contributed by atoms with Crippen LogP contribution in [0.3, 0.4) is 0 Å². The van der Waals surface area contributed by atoms with E-state index in [0.717, 1.165) is 17.7 Å². The van der Waals surface area contributed by atoms with Crippen molar-refractivity contribution >= 4 is 23.4 Å². The fraction of sp³-hybridized carbons (Fsp3) is 0.381. The van der Waals surface area contributed by atoms with Crippen LogP contribution in [0.25, 0.3) is 0 Å². The van der Waals surface area contributed by atoms with E-state index in [-0.39, 0.29) is 30.7 Å². The van der Waals surface area contributed by atoms with E-state index in [9.17, 15) is 14.4 Å². The Morgan fingerprint density at radius 3 is 2.48 bits per heavy atom. The highest BCUT2D eigenvalue weighted by molar-refractivity contribution is 5.94. The lowest BCUT2D eigenvalue weighted by molar-refractivity contribution is -0.132. The topological polar surface area (TPSA) is 94.9 Å². The number of benzene rings is 1. The van der Waals surface area contributed by atoms with Crippen LogP contribution in [-0.2, 0) is 16.0 Å². The van der Waals surface area contributed by atoms with Gasteiger partial charge in [0.1, 0.15) is 0 Å². The lowest BCUT2D eigenvalue weighted by Crippen LogP contribution is -2.52. The molecule has 1 aromatic carbocycles. The standard InChI is InChI=1S/C21H26N4O4/c1-2-16-6-3-4-7-17(16)23-19(26)15-24-9-11-25(12-10-24)20(27)14-22-21(28)18-8-5-13-29-18/h3-8,13H,2,9-12,14-15H2,1H3,(H,22,28)(H,23,26). The number of carbonyl (C=O) groups excluding carboxylic acids is 3. The number of nitrogens with zero attached hydrogens (tertiary/aromatic N) is 2. The first-order valence-corrected chi connectivity index (χ1v) is 9.76. The molecule has 0 atom stereocenters. The molecule has 1 saturated heterocycles. The summed E-state index contributed by atoms with van der Waals surface area (Å²) < 4.78 is 5.00. The molecule has 0 spiro atoms. The number of nitrogens with one attached hydrogen (secondary N) is 2. The fourth-order valence-corrected chi connectivity index (χ4v) is 3.26. The number of piperazine rings is 1. The van der Waals surface area contributed by atoms with Gasteiger partial charge in [0.2, 0.25) is 11.8 Å². The van der Waals surface area contributed by atoms with Gasteiger partial charge in [0.15, 0.2) is 5.76 Å². The molecular weight excluding hydrogens is 372 g/mol. The molecule has 8 heteroatoms. The molecular formula is C21H26N4O4. The predicted octanol–water partition coefficient (Wildman–Crippen LogP) is 1.35. The van der Waals surface area contributed by atoms with Gasteiger partial charge in [-0.1, -0.05) is 25.1 Å². The van der Waals surface area contributed by atoms with Gasteiger partial charge in [0.25, 0.3) is 5.91 Å². The van der Waals surface area contributed by atoms with Gasteiger partial charge in [0, 0.05) is 31.9 Å². The number of amides is 3. The maximum absolute atomic E-state index is 12.4. The van der Waals surface area contributed by atoms with Gasteiger partial charge in [-0.05, 0) is 30.2 Å². The van der Waals surface area contributed by atoms with Gasteiger partial charge >= 0.3 is 0 Å². The Labute approximate surface area is 169 Å². The first kappa shape index (κ1) is 20.6. The van der Waals surface area contributed by atoms with Crippen LogP contribution < -0.4 is 10.6 Å². The Morgan fingerprint density at radius 2 is 1.79 bits per heavy atom. The molecule has 0 unspecified atom stereocenters. The number of furan rings is 1. The summed E-state index contributed by atoms with van der Waals surface area (Å²) in [5.74, 6) is -0.438. The Kier molecular flexibility index (Phi) is 7.02. The average molecular weight is 398 g/mol. The van der Waals surface area contributed by atoms with Gasteiger partial charge in [-0.2, -0.15) is 0 Å². The second-order valence-corrected chi connectivity index (χ2v) is 6.88. The second kappa shape index (κ2) is 9.88. The van der Waals surface area contributed by atoms with E-state index in [1.165, 1.54) is 6.26 Å². The Bertz CT molecular complexity index is 842. The maximum atomic E-state index is 12.4. The molecule has 154 valence electrons. The van der Waals surface area contributed by atoms with Crippen molar-refractivity contribution in [2.45, 2.75) is 13.3 Å². The monoisotopic (exact) mass is 398 g/mol. The normalized spacial score (nSPS) is 14.4. The van der Waals surface area contributed by atoms with Crippen LogP contribution in [0, 0.1) is 0 Å². The van der Waals surface area contributed by atoms with Crippen LogP contribution in [0.1, 0.15) is 23.0 Å². The molecule has 0 bridgehead atoms. The van der Waals surface area contributed by atoms with Crippen LogP contribution in [0.15, 0.2) is 47.1 Å². The summed E-state index contributed by atoms with van der Waals surface area (Å²) in [7, 11) is 0. The predicted molar refractivity (Wildman–Crippen MR) is 109 cm³/mol. The van der Waals surface area contributed by atoms with E-state index in [4.69, 9.17) is 4.42 Å². The Balaban J connectivity index is 1.40. The average Bonchev–Trinajstić information content (AvgIpc) is 3.27. The zero-order valence-corrected chi connectivity index (χ0v) is 16.5. The summed E-state index contributed by atoms with van der Waals surface area (Å²) in [4.78, 5) is 40.2. The van der Waals surface area contributed by atoms with E-state index >= 15 is 0 Å². The van der Waals surface area contributed by atoms with Gasteiger partial charge in [-0.15, -0.1) is 0 Å². The van der Waals surface area contributed by atoms with E-state index in [1.807, 2.05) is 29.2 Å². The highest BCUT2D eigenvalue weighted by Crippen LogP contribution is 2.15. The van der Waals surface area contributed by atoms with Crippen LogP contribution in [0.2, 0.25) is 0 Å². The Morgan fingerprint density at radius 1 is 1.03 bits per heavy atom. The minimum absolute atomic E-state index is 0.0589. The van der Waals surface area contributed by atoms with Gasteiger partial charge in [-0.3, -0.25) is 19.3 Å². The molecule has 2 heterocycles. The third-order valence-electron chi connectivity index (χ3n) is 4.91. The molecule has 29 heavy (non-hydrogen) atoms. The maximum Gasteiger partial charge on any atom is 0.287 e.